The number of rotatable bonds is 3. The summed E-state index contributed by atoms with van der Waals surface area (Å²) in [7, 11) is 0. The molecule has 2 aromatic heterocycles. The molecule has 5 heteroatoms. The van der Waals surface area contributed by atoms with E-state index in [1.54, 1.807) is 12.4 Å². The number of anilines is 1. The highest BCUT2D eigenvalue weighted by Crippen LogP contribution is 2.29. The molecular formula is C21H22N4O. The van der Waals surface area contributed by atoms with E-state index in [0.717, 1.165) is 30.2 Å². The quantitative estimate of drug-likeness (QED) is 0.722. The summed E-state index contributed by atoms with van der Waals surface area (Å²) in [5.41, 5.74) is 3.07. The maximum Gasteiger partial charge on any atom is 0.163 e. The van der Waals surface area contributed by atoms with E-state index in [1.165, 1.54) is 5.56 Å². The topological polar surface area (TPSA) is 51.1 Å². The fourth-order valence-electron chi connectivity index (χ4n) is 3.33. The summed E-state index contributed by atoms with van der Waals surface area (Å²) in [6.45, 7) is 5.70. The molecule has 0 N–H and O–H groups in total. The Morgan fingerprint density at radius 3 is 2.65 bits per heavy atom. The lowest BCUT2D eigenvalue weighted by atomic mass is 10.1. The second-order valence-corrected chi connectivity index (χ2v) is 6.68. The van der Waals surface area contributed by atoms with E-state index in [9.17, 15) is 0 Å². The molecule has 3 aromatic rings. The first-order valence-electron chi connectivity index (χ1n) is 8.90. The maximum atomic E-state index is 6.17. The number of hydrogen-bond acceptors (Lipinski definition) is 5. The third kappa shape index (κ3) is 3.58. The summed E-state index contributed by atoms with van der Waals surface area (Å²) in [6.07, 6.45) is 3.73. The van der Waals surface area contributed by atoms with Crippen molar-refractivity contribution < 1.29 is 4.74 Å². The molecule has 2 atom stereocenters. The van der Waals surface area contributed by atoms with Crippen molar-refractivity contribution in [2.45, 2.75) is 26.1 Å². The lowest BCUT2D eigenvalue weighted by Crippen LogP contribution is -2.43. The predicted molar refractivity (Wildman–Crippen MR) is 102 cm³/mol. The Bertz CT molecular complexity index is 870. The van der Waals surface area contributed by atoms with Crippen molar-refractivity contribution in [1.29, 1.82) is 0 Å². The van der Waals surface area contributed by atoms with Gasteiger partial charge in [0.15, 0.2) is 5.82 Å². The third-order valence-corrected chi connectivity index (χ3v) is 4.52. The molecule has 0 aliphatic carbocycles. The molecule has 4 rings (SSSR count). The Morgan fingerprint density at radius 1 is 1.04 bits per heavy atom. The van der Waals surface area contributed by atoms with Crippen molar-refractivity contribution in [3.63, 3.8) is 0 Å². The van der Waals surface area contributed by atoms with Crippen LogP contribution in [0.4, 0.5) is 5.82 Å². The summed E-state index contributed by atoms with van der Waals surface area (Å²) < 4.78 is 6.17. The van der Waals surface area contributed by atoms with Crippen molar-refractivity contribution in [3.05, 3.63) is 72.2 Å². The van der Waals surface area contributed by atoms with Crippen molar-refractivity contribution in [1.82, 2.24) is 15.0 Å². The van der Waals surface area contributed by atoms with Gasteiger partial charge in [-0.15, -0.1) is 0 Å². The fourth-order valence-corrected chi connectivity index (χ4v) is 3.33. The van der Waals surface area contributed by atoms with Crippen LogP contribution >= 0.6 is 0 Å². The van der Waals surface area contributed by atoms with Gasteiger partial charge in [-0.05, 0) is 31.5 Å². The molecule has 0 saturated carbocycles. The van der Waals surface area contributed by atoms with Gasteiger partial charge in [0.25, 0.3) is 0 Å². The Hall–Kier alpha value is -2.79. The predicted octanol–water partition coefficient (Wildman–Crippen LogP) is 3.81. The minimum Gasteiger partial charge on any atom is -0.367 e. The zero-order valence-electron chi connectivity index (χ0n) is 15.0. The molecule has 1 aromatic carbocycles. The molecule has 0 bridgehead atoms. The van der Waals surface area contributed by atoms with E-state index in [2.05, 4.69) is 46.1 Å². The average molecular weight is 346 g/mol. The summed E-state index contributed by atoms with van der Waals surface area (Å²) in [5.74, 6) is 1.65. The van der Waals surface area contributed by atoms with Gasteiger partial charge in [0.05, 0.1) is 6.10 Å². The Kier molecular flexibility index (Phi) is 4.63. The Morgan fingerprint density at radius 2 is 1.88 bits per heavy atom. The number of nitrogens with zero attached hydrogens (tertiary/aromatic N) is 4. The number of hydrogen-bond donors (Lipinski definition) is 0. The summed E-state index contributed by atoms with van der Waals surface area (Å²) in [5, 5.41) is 0. The van der Waals surface area contributed by atoms with Crippen molar-refractivity contribution >= 4 is 5.82 Å². The van der Waals surface area contributed by atoms with E-state index in [-0.39, 0.29) is 12.2 Å². The molecule has 1 fully saturated rings. The number of morpholine rings is 1. The van der Waals surface area contributed by atoms with Gasteiger partial charge < -0.3 is 9.64 Å². The smallest absolute Gasteiger partial charge is 0.163 e. The molecule has 3 heterocycles. The highest BCUT2D eigenvalue weighted by Gasteiger charge is 2.27. The lowest BCUT2D eigenvalue weighted by molar-refractivity contribution is -0.0176. The van der Waals surface area contributed by atoms with E-state index >= 15 is 0 Å². The van der Waals surface area contributed by atoms with Crippen LogP contribution in [0.5, 0.6) is 0 Å². The van der Waals surface area contributed by atoms with E-state index < -0.39 is 0 Å². The molecule has 1 aliphatic heterocycles. The van der Waals surface area contributed by atoms with Crippen LogP contribution in [0.3, 0.4) is 0 Å². The van der Waals surface area contributed by atoms with Crippen LogP contribution in [0.15, 0.2) is 60.9 Å². The Balaban J connectivity index is 1.65. The molecule has 26 heavy (non-hydrogen) atoms. The van der Waals surface area contributed by atoms with Crippen molar-refractivity contribution in [2.75, 3.05) is 18.0 Å². The monoisotopic (exact) mass is 346 g/mol. The zero-order valence-corrected chi connectivity index (χ0v) is 15.0. The van der Waals surface area contributed by atoms with Crippen molar-refractivity contribution in [2.24, 2.45) is 0 Å². The van der Waals surface area contributed by atoms with Gasteiger partial charge in [0, 0.05) is 42.8 Å². The molecular weight excluding hydrogens is 324 g/mol. The zero-order chi connectivity index (χ0) is 17.9. The second kappa shape index (κ2) is 7.22. The first-order chi connectivity index (χ1) is 12.7. The number of benzene rings is 1. The Labute approximate surface area is 153 Å². The maximum absolute atomic E-state index is 6.17. The SMILES string of the molecule is Cc1cc(N2CC(C)OC(c3ccccc3)C2)nc(-c2cccnc2)n1. The minimum atomic E-state index is 0.0389. The first-order valence-corrected chi connectivity index (χ1v) is 8.90. The molecule has 0 amide bonds. The standard InChI is InChI=1S/C21H22N4O/c1-15-11-20(24-21(23-15)18-9-6-10-22-12-18)25-13-16(2)26-19(14-25)17-7-4-3-5-8-17/h3-12,16,19H,13-14H2,1-2H3. The van der Waals surface area contributed by atoms with Crippen LogP contribution < -0.4 is 4.90 Å². The van der Waals surface area contributed by atoms with Gasteiger partial charge in [0.1, 0.15) is 11.9 Å². The van der Waals surface area contributed by atoms with Gasteiger partial charge in [-0.25, -0.2) is 9.97 Å². The molecule has 5 nitrogen and oxygen atoms in total. The van der Waals surface area contributed by atoms with Gasteiger partial charge in [-0.3, -0.25) is 4.98 Å². The average Bonchev–Trinajstić information content (AvgIpc) is 2.68. The minimum absolute atomic E-state index is 0.0389. The number of aryl methyl sites for hydroxylation is 1. The molecule has 132 valence electrons. The van der Waals surface area contributed by atoms with Gasteiger partial charge in [-0.2, -0.15) is 0 Å². The van der Waals surface area contributed by atoms with Crippen LogP contribution in [-0.2, 0) is 4.74 Å². The largest absolute Gasteiger partial charge is 0.367 e. The summed E-state index contributed by atoms with van der Waals surface area (Å²) in [6, 6.07) is 16.3. The molecule has 2 unspecified atom stereocenters. The first kappa shape index (κ1) is 16.7. The summed E-state index contributed by atoms with van der Waals surface area (Å²) in [4.78, 5) is 15.9. The van der Waals surface area contributed by atoms with Crippen LogP contribution in [0.2, 0.25) is 0 Å². The van der Waals surface area contributed by atoms with E-state index in [0.29, 0.717) is 5.82 Å². The fraction of sp³-hybridized carbons (Fsp3) is 0.286. The number of ether oxygens (including phenoxy) is 1. The lowest BCUT2D eigenvalue weighted by Gasteiger charge is -2.38. The highest BCUT2D eigenvalue weighted by molar-refractivity contribution is 5.57. The van der Waals surface area contributed by atoms with Crippen molar-refractivity contribution in [3.8, 4) is 11.4 Å². The third-order valence-electron chi connectivity index (χ3n) is 4.52. The van der Waals surface area contributed by atoms with Crippen LogP contribution in [0.25, 0.3) is 11.4 Å². The normalized spacial score (nSPS) is 20.2. The van der Waals surface area contributed by atoms with E-state index in [1.807, 2.05) is 31.2 Å². The van der Waals surface area contributed by atoms with Crippen LogP contribution in [0, 0.1) is 6.92 Å². The van der Waals surface area contributed by atoms with Crippen LogP contribution in [-0.4, -0.2) is 34.1 Å². The van der Waals surface area contributed by atoms with Gasteiger partial charge in [-0.1, -0.05) is 30.3 Å². The van der Waals surface area contributed by atoms with Crippen LogP contribution in [0.1, 0.15) is 24.3 Å². The van der Waals surface area contributed by atoms with Gasteiger partial charge in [0.2, 0.25) is 0 Å². The number of aromatic nitrogens is 3. The van der Waals surface area contributed by atoms with E-state index in [4.69, 9.17) is 9.72 Å². The van der Waals surface area contributed by atoms with Gasteiger partial charge >= 0.3 is 0 Å². The summed E-state index contributed by atoms with van der Waals surface area (Å²) >= 11 is 0. The molecule has 0 spiro atoms. The highest BCUT2D eigenvalue weighted by atomic mass is 16.5. The molecule has 1 aliphatic rings. The molecule has 1 saturated heterocycles. The second-order valence-electron chi connectivity index (χ2n) is 6.68. The molecule has 0 radical (unpaired) electrons. The number of pyridine rings is 1.